The molecule has 0 aliphatic heterocycles. The number of benzene rings is 1. The Balaban J connectivity index is 0.00000338. The van der Waals surface area contributed by atoms with Gasteiger partial charge in [-0.3, -0.25) is 0 Å². The summed E-state index contributed by atoms with van der Waals surface area (Å²) in [6, 6.07) is 8.10. The number of aromatic nitrogens is 1. The molecule has 144 valence electrons. The summed E-state index contributed by atoms with van der Waals surface area (Å²) in [5, 5.41) is 6.50. The predicted octanol–water partition coefficient (Wildman–Crippen LogP) is 3.75. The van der Waals surface area contributed by atoms with Crippen molar-refractivity contribution in [2.75, 3.05) is 20.2 Å². The predicted molar refractivity (Wildman–Crippen MR) is 116 cm³/mol. The van der Waals surface area contributed by atoms with E-state index in [1.165, 1.54) is 5.56 Å². The van der Waals surface area contributed by atoms with Gasteiger partial charge in [-0.1, -0.05) is 17.7 Å². The monoisotopic (exact) mass is 472 g/mol. The molecular formula is C19H29IN4O2. The van der Waals surface area contributed by atoms with Gasteiger partial charge in [-0.2, -0.15) is 0 Å². The largest absolute Gasteiger partial charge is 0.444 e. The van der Waals surface area contributed by atoms with Gasteiger partial charge in [0.15, 0.2) is 5.96 Å². The molecule has 1 aromatic heterocycles. The van der Waals surface area contributed by atoms with Gasteiger partial charge < -0.3 is 19.8 Å². The van der Waals surface area contributed by atoms with Crippen LogP contribution in [0, 0.1) is 6.92 Å². The molecule has 7 heteroatoms. The van der Waals surface area contributed by atoms with Crippen LogP contribution in [-0.2, 0) is 11.3 Å². The summed E-state index contributed by atoms with van der Waals surface area (Å²) in [5.41, 5.74) is 2.70. The van der Waals surface area contributed by atoms with Crippen LogP contribution in [0.5, 0.6) is 0 Å². The number of ether oxygens (including phenoxy) is 1. The van der Waals surface area contributed by atoms with Gasteiger partial charge in [0.05, 0.1) is 12.1 Å². The average Bonchev–Trinajstić information content (AvgIpc) is 3.07. The Morgan fingerprint density at radius 3 is 2.54 bits per heavy atom. The summed E-state index contributed by atoms with van der Waals surface area (Å²) in [6.45, 7) is 10.0. The third kappa shape index (κ3) is 6.95. The second-order valence-corrected chi connectivity index (χ2v) is 6.52. The van der Waals surface area contributed by atoms with Gasteiger partial charge in [0.1, 0.15) is 12.0 Å². The minimum absolute atomic E-state index is 0. The highest BCUT2D eigenvalue weighted by molar-refractivity contribution is 14.0. The third-order valence-electron chi connectivity index (χ3n) is 3.83. The third-order valence-corrected chi connectivity index (χ3v) is 3.83. The average molecular weight is 472 g/mol. The van der Waals surface area contributed by atoms with Gasteiger partial charge >= 0.3 is 0 Å². The fourth-order valence-corrected chi connectivity index (χ4v) is 2.08. The van der Waals surface area contributed by atoms with Gasteiger partial charge in [0.2, 0.25) is 5.89 Å². The molecule has 0 bridgehead atoms. The molecular weight excluding hydrogens is 443 g/mol. The first-order chi connectivity index (χ1) is 11.9. The summed E-state index contributed by atoms with van der Waals surface area (Å²) >= 11 is 0. The van der Waals surface area contributed by atoms with E-state index in [0.717, 1.165) is 23.8 Å². The molecule has 0 aliphatic rings. The molecule has 2 aromatic rings. The number of aryl methyl sites for hydroxylation is 1. The van der Waals surface area contributed by atoms with Crippen LogP contribution in [0.25, 0.3) is 11.5 Å². The SMILES string of the molecule is CCNC(=NCc1coc(-c2ccc(C)cc2)n1)NCC(C)(C)OC.I. The van der Waals surface area contributed by atoms with Crippen molar-refractivity contribution in [3.05, 3.63) is 41.8 Å². The van der Waals surface area contributed by atoms with Gasteiger partial charge in [-0.15, -0.1) is 24.0 Å². The Morgan fingerprint density at radius 2 is 1.92 bits per heavy atom. The Hall–Kier alpha value is -1.61. The number of hydrogen-bond acceptors (Lipinski definition) is 4. The van der Waals surface area contributed by atoms with E-state index in [1.54, 1.807) is 13.4 Å². The summed E-state index contributed by atoms with van der Waals surface area (Å²) in [6.07, 6.45) is 1.65. The lowest BCUT2D eigenvalue weighted by Gasteiger charge is -2.24. The lowest BCUT2D eigenvalue weighted by atomic mass is 10.1. The molecule has 6 nitrogen and oxygen atoms in total. The van der Waals surface area contributed by atoms with E-state index in [4.69, 9.17) is 9.15 Å². The molecule has 1 aromatic carbocycles. The maximum atomic E-state index is 5.57. The van der Waals surface area contributed by atoms with Gasteiger partial charge in [-0.25, -0.2) is 9.98 Å². The fraction of sp³-hybridized carbons (Fsp3) is 0.474. The molecule has 0 unspecified atom stereocenters. The lowest BCUT2D eigenvalue weighted by Crippen LogP contribution is -2.45. The highest BCUT2D eigenvalue weighted by atomic mass is 127. The van der Waals surface area contributed by atoms with E-state index >= 15 is 0 Å². The first-order valence-corrected chi connectivity index (χ1v) is 8.52. The molecule has 2 rings (SSSR count). The number of hydrogen-bond donors (Lipinski definition) is 2. The van der Waals surface area contributed by atoms with Crippen LogP contribution in [0.15, 0.2) is 39.9 Å². The lowest BCUT2D eigenvalue weighted by molar-refractivity contribution is 0.0268. The topological polar surface area (TPSA) is 71.7 Å². The maximum absolute atomic E-state index is 5.57. The van der Waals surface area contributed by atoms with E-state index in [1.807, 2.05) is 45.0 Å². The van der Waals surface area contributed by atoms with E-state index in [-0.39, 0.29) is 29.6 Å². The number of nitrogens with one attached hydrogen (secondary N) is 2. The fourth-order valence-electron chi connectivity index (χ4n) is 2.08. The van der Waals surface area contributed by atoms with Crippen molar-refractivity contribution in [2.24, 2.45) is 4.99 Å². The van der Waals surface area contributed by atoms with Gasteiger partial charge in [-0.05, 0) is 39.8 Å². The van der Waals surface area contributed by atoms with Crippen molar-refractivity contribution in [3.8, 4) is 11.5 Å². The number of halogens is 1. The van der Waals surface area contributed by atoms with Crippen molar-refractivity contribution in [2.45, 2.75) is 39.8 Å². The van der Waals surface area contributed by atoms with Crippen LogP contribution >= 0.6 is 24.0 Å². The van der Waals surface area contributed by atoms with E-state index in [9.17, 15) is 0 Å². The normalized spacial score (nSPS) is 11.8. The molecule has 0 radical (unpaired) electrons. The standard InChI is InChI=1S/C19H28N4O2.HI/c1-6-20-18(22-13-19(3,4)24-5)21-11-16-12-25-17(23-16)15-9-7-14(2)8-10-15;/h7-10,12H,6,11,13H2,1-5H3,(H2,20,21,22);1H. The van der Waals surface area contributed by atoms with E-state index < -0.39 is 0 Å². The summed E-state index contributed by atoms with van der Waals surface area (Å²) in [5.74, 6) is 1.34. The first kappa shape index (κ1) is 22.4. The Labute approximate surface area is 172 Å². The Kier molecular flexibility index (Phi) is 9.07. The van der Waals surface area contributed by atoms with E-state index in [0.29, 0.717) is 19.0 Å². The first-order valence-electron chi connectivity index (χ1n) is 8.52. The number of aliphatic imine (C=N–C) groups is 1. The van der Waals surface area contributed by atoms with Crippen molar-refractivity contribution >= 4 is 29.9 Å². The van der Waals surface area contributed by atoms with Crippen LogP contribution in [0.2, 0.25) is 0 Å². The zero-order valence-electron chi connectivity index (χ0n) is 16.1. The Morgan fingerprint density at radius 1 is 1.23 bits per heavy atom. The molecule has 0 amide bonds. The van der Waals surface area contributed by atoms with Crippen molar-refractivity contribution in [1.29, 1.82) is 0 Å². The zero-order valence-corrected chi connectivity index (χ0v) is 18.5. The molecule has 26 heavy (non-hydrogen) atoms. The van der Waals surface area contributed by atoms with Crippen molar-refractivity contribution < 1.29 is 9.15 Å². The highest BCUT2D eigenvalue weighted by Gasteiger charge is 2.16. The quantitative estimate of drug-likeness (QED) is 0.365. The zero-order chi connectivity index (χ0) is 18.3. The van der Waals surface area contributed by atoms with Crippen LogP contribution in [-0.4, -0.2) is 36.7 Å². The second kappa shape index (κ2) is 10.5. The summed E-state index contributed by atoms with van der Waals surface area (Å²) < 4.78 is 11.0. The number of methoxy groups -OCH3 is 1. The molecule has 0 atom stereocenters. The Bertz CT molecular complexity index is 696. The molecule has 1 heterocycles. The highest BCUT2D eigenvalue weighted by Crippen LogP contribution is 2.19. The van der Waals surface area contributed by atoms with Crippen LogP contribution in [0.1, 0.15) is 32.0 Å². The summed E-state index contributed by atoms with van der Waals surface area (Å²) in [4.78, 5) is 9.07. The molecule has 0 saturated heterocycles. The van der Waals surface area contributed by atoms with Crippen LogP contribution < -0.4 is 10.6 Å². The number of rotatable bonds is 7. The maximum Gasteiger partial charge on any atom is 0.226 e. The van der Waals surface area contributed by atoms with Crippen LogP contribution in [0.3, 0.4) is 0 Å². The molecule has 0 fully saturated rings. The molecule has 0 spiro atoms. The van der Waals surface area contributed by atoms with Gasteiger partial charge in [0.25, 0.3) is 0 Å². The van der Waals surface area contributed by atoms with Crippen LogP contribution in [0.4, 0.5) is 0 Å². The second-order valence-electron chi connectivity index (χ2n) is 6.52. The van der Waals surface area contributed by atoms with Crippen molar-refractivity contribution in [3.63, 3.8) is 0 Å². The number of oxazole rings is 1. The molecule has 0 saturated carbocycles. The molecule has 0 aliphatic carbocycles. The van der Waals surface area contributed by atoms with Crippen molar-refractivity contribution in [1.82, 2.24) is 15.6 Å². The van der Waals surface area contributed by atoms with Gasteiger partial charge in [0, 0.05) is 25.8 Å². The number of guanidine groups is 1. The van der Waals surface area contributed by atoms with E-state index in [2.05, 4.69) is 27.5 Å². The molecule has 2 N–H and O–H groups in total. The minimum atomic E-state index is -0.261. The smallest absolute Gasteiger partial charge is 0.226 e. The number of nitrogens with zero attached hydrogens (tertiary/aromatic N) is 2. The minimum Gasteiger partial charge on any atom is -0.444 e. The summed E-state index contributed by atoms with van der Waals surface area (Å²) in [7, 11) is 1.70.